The van der Waals surface area contributed by atoms with E-state index in [1.807, 2.05) is 65.6 Å². The van der Waals surface area contributed by atoms with Crippen LogP contribution in [0.2, 0.25) is 0 Å². The van der Waals surface area contributed by atoms with Crippen LogP contribution >= 0.6 is 0 Å². The Kier molecular flexibility index (Phi) is 7.47. The second kappa shape index (κ2) is 10.5. The second-order valence-corrected chi connectivity index (χ2v) is 7.05. The molecule has 6 nitrogen and oxygen atoms in total. The highest BCUT2D eigenvalue weighted by Gasteiger charge is 2.23. The minimum Gasteiger partial charge on any atom is -0.373 e. The first-order valence-electron chi connectivity index (χ1n) is 9.78. The lowest BCUT2D eigenvalue weighted by molar-refractivity contribution is -0.130. The fourth-order valence-corrected chi connectivity index (χ4v) is 3.51. The van der Waals surface area contributed by atoms with Crippen LogP contribution < -0.4 is 0 Å². The highest BCUT2D eigenvalue weighted by molar-refractivity contribution is 5.76. The van der Waals surface area contributed by atoms with Gasteiger partial charge in [-0.25, -0.2) is 0 Å². The highest BCUT2D eigenvalue weighted by atomic mass is 16.5. The molecule has 0 saturated carbocycles. The molecule has 6 heteroatoms. The zero-order valence-corrected chi connectivity index (χ0v) is 16.0. The number of carbonyl (C=O) groups is 1. The quantitative estimate of drug-likeness (QED) is 0.367. The number of hydrogen-bond donors (Lipinski definition) is 0. The lowest BCUT2D eigenvalue weighted by Gasteiger charge is -2.23. The van der Waals surface area contributed by atoms with E-state index in [-0.39, 0.29) is 18.1 Å². The fraction of sp³-hybridized carbons (Fsp3) is 0.409. The van der Waals surface area contributed by atoms with Gasteiger partial charge in [-0.3, -0.25) is 4.79 Å². The molecule has 146 valence electrons. The molecule has 0 N–H and O–H groups in total. The standard InChI is InChI=1S/C22H26N4O2/c23-25-24-21(19-9-5-2-6-10-19)14-16-26-15-13-20(11-12-22(26)27)28-17-18-7-3-1-4-8-18/h1-10,20-21H,11-17H2/t20-,21+/m1/s1. The summed E-state index contributed by atoms with van der Waals surface area (Å²) < 4.78 is 6.03. The summed E-state index contributed by atoms with van der Waals surface area (Å²) in [4.78, 5) is 17.4. The lowest BCUT2D eigenvalue weighted by Crippen LogP contribution is -2.32. The van der Waals surface area contributed by atoms with Gasteiger partial charge < -0.3 is 9.64 Å². The molecule has 1 amide bonds. The van der Waals surface area contributed by atoms with E-state index in [9.17, 15) is 4.79 Å². The largest absolute Gasteiger partial charge is 0.373 e. The summed E-state index contributed by atoms with van der Waals surface area (Å²) in [6, 6.07) is 19.5. The molecule has 1 aliphatic heterocycles. The molecule has 2 aromatic rings. The zero-order chi connectivity index (χ0) is 19.6. The first kappa shape index (κ1) is 19.9. The topological polar surface area (TPSA) is 78.3 Å². The van der Waals surface area contributed by atoms with Gasteiger partial charge in [-0.15, -0.1) is 0 Å². The highest BCUT2D eigenvalue weighted by Crippen LogP contribution is 2.23. The van der Waals surface area contributed by atoms with Crippen molar-refractivity contribution in [2.24, 2.45) is 5.11 Å². The molecule has 28 heavy (non-hydrogen) atoms. The number of amides is 1. The van der Waals surface area contributed by atoms with Crippen LogP contribution in [0.5, 0.6) is 0 Å². The molecule has 0 aliphatic carbocycles. The summed E-state index contributed by atoms with van der Waals surface area (Å²) >= 11 is 0. The Labute approximate surface area is 165 Å². The SMILES string of the molecule is [N-]=[N+]=N[C@@H](CCN1CC[C@H](OCc2ccccc2)CCC1=O)c1ccccc1. The number of hydrogen-bond acceptors (Lipinski definition) is 3. The van der Waals surface area contributed by atoms with Gasteiger partial charge in [0, 0.05) is 24.4 Å². The van der Waals surface area contributed by atoms with Crippen LogP contribution in [0.1, 0.15) is 42.9 Å². The molecule has 3 rings (SSSR count). The lowest BCUT2D eigenvalue weighted by atomic mass is 10.0. The Hall–Kier alpha value is -2.82. The van der Waals surface area contributed by atoms with Crippen molar-refractivity contribution in [3.63, 3.8) is 0 Å². The molecule has 0 spiro atoms. The third-order valence-corrected chi connectivity index (χ3v) is 5.13. The van der Waals surface area contributed by atoms with Gasteiger partial charge in [-0.2, -0.15) is 0 Å². The van der Waals surface area contributed by atoms with Crippen molar-refractivity contribution in [2.45, 2.75) is 44.4 Å². The molecular weight excluding hydrogens is 352 g/mol. The molecule has 2 aromatic carbocycles. The van der Waals surface area contributed by atoms with Crippen molar-refractivity contribution < 1.29 is 9.53 Å². The number of benzene rings is 2. The molecular formula is C22H26N4O2. The average molecular weight is 378 g/mol. The van der Waals surface area contributed by atoms with Gasteiger partial charge in [0.05, 0.1) is 18.8 Å². The van der Waals surface area contributed by atoms with Crippen LogP contribution in [0.25, 0.3) is 10.4 Å². The summed E-state index contributed by atoms with van der Waals surface area (Å²) in [6.07, 6.45) is 2.79. The van der Waals surface area contributed by atoms with Crippen LogP contribution in [0, 0.1) is 0 Å². The minimum atomic E-state index is -0.257. The number of rotatable bonds is 8. The summed E-state index contributed by atoms with van der Waals surface area (Å²) in [5.41, 5.74) is 11.0. The molecule has 1 aliphatic rings. The van der Waals surface area contributed by atoms with Crippen LogP contribution in [-0.2, 0) is 16.1 Å². The monoisotopic (exact) mass is 378 g/mol. The van der Waals surface area contributed by atoms with Crippen molar-refractivity contribution in [3.8, 4) is 0 Å². The first-order valence-corrected chi connectivity index (χ1v) is 9.78. The predicted octanol–water partition coefficient (Wildman–Crippen LogP) is 5.03. The molecule has 1 saturated heterocycles. The van der Waals surface area contributed by atoms with E-state index in [4.69, 9.17) is 10.3 Å². The molecule has 1 fully saturated rings. The van der Waals surface area contributed by atoms with E-state index in [0.29, 0.717) is 32.5 Å². The molecule has 2 atom stereocenters. The van der Waals surface area contributed by atoms with Crippen molar-refractivity contribution in [3.05, 3.63) is 82.2 Å². The first-order chi connectivity index (χ1) is 13.8. The number of azide groups is 1. The molecule has 0 bridgehead atoms. The zero-order valence-electron chi connectivity index (χ0n) is 16.0. The summed E-state index contributed by atoms with van der Waals surface area (Å²) in [7, 11) is 0. The summed E-state index contributed by atoms with van der Waals surface area (Å²) in [5.74, 6) is 0.151. The van der Waals surface area contributed by atoms with Crippen LogP contribution in [0.15, 0.2) is 65.8 Å². The van der Waals surface area contributed by atoms with Crippen molar-refractivity contribution in [1.29, 1.82) is 0 Å². The van der Waals surface area contributed by atoms with Crippen molar-refractivity contribution in [1.82, 2.24) is 4.90 Å². The summed E-state index contributed by atoms with van der Waals surface area (Å²) in [6.45, 7) is 1.84. The van der Waals surface area contributed by atoms with Gasteiger partial charge in [0.25, 0.3) is 0 Å². The predicted molar refractivity (Wildman–Crippen MR) is 108 cm³/mol. The molecule has 1 heterocycles. The molecule has 0 unspecified atom stereocenters. The van der Waals surface area contributed by atoms with E-state index in [2.05, 4.69) is 10.0 Å². The maximum atomic E-state index is 12.5. The Morgan fingerprint density at radius 2 is 1.82 bits per heavy atom. The Bertz CT molecular complexity index is 791. The van der Waals surface area contributed by atoms with E-state index in [1.165, 1.54) is 0 Å². The van der Waals surface area contributed by atoms with Gasteiger partial charge in [0.2, 0.25) is 5.91 Å². The second-order valence-electron chi connectivity index (χ2n) is 7.05. The third kappa shape index (κ3) is 5.84. The summed E-state index contributed by atoms with van der Waals surface area (Å²) in [5, 5.41) is 3.92. The van der Waals surface area contributed by atoms with E-state index in [0.717, 1.165) is 24.0 Å². The molecule has 0 radical (unpaired) electrons. The Morgan fingerprint density at radius 1 is 1.11 bits per heavy atom. The Morgan fingerprint density at radius 3 is 2.54 bits per heavy atom. The van der Waals surface area contributed by atoms with Crippen LogP contribution in [0.3, 0.4) is 0 Å². The maximum Gasteiger partial charge on any atom is 0.222 e. The number of nitrogens with zero attached hydrogens (tertiary/aromatic N) is 4. The normalized spacial score (nSPS) is 18.2. The van der Waals surface area contributed by atoms with E-state index < -0.39 is 0 Å². The smallest absolute Gasteiger partial charge is 0.222 e. The number of carbonyl (C=O) groups excluding carboxylic acids is 1. The third-order valence-electron chi connectivity index (χ3n) is 5.13. The number of likely N-dealkylation sites (tertiary alicyclic amines) is 1. The van der Waals surface area contributed by atoms with Gasteiger partial charge in [0.1, 0.15) is 0 Å². The Balaban J connectivity index is 1.52. The van der Waals surface area contributed by atoms with Gasteiger partial charge in [-0.1, -0.05) is 65.8 Å². The van der Waals surface area contributed by atoms with E-state index >= 15 is 0 Å². The number of ether oxygens (including phenoxy) is 1. The maximum absolute atomic E-state index is 12.5. The van der Waals surface area contributed by atoms with E-state index in [1.54, 1.807) is 0 Å². The minimum absolute atomic E-state index is 0.0937. The van der Waals surface area contributed by atoms with Crippen LogP contribution in [-0.4, -0.2) is 30.0 Å². The van der Waals surface area contributed by atoms with Crippen molar-refractivity contribution >= 4 is 5.91 Å². The molecule has 0 aromatic heterocycles. The fourth-order valence-electron chi connectivity index (χ4n) is 3.51. The van der Waals surface area contributed by atoms with Gasteiger partial charge >= 0.3 is 0 Å². The van der Waals surface area contributed by atoms with Crippen LogP contribution in [0.4, 0.5) is 0 Å². The van der Waals surface area contributed by atoms with Gasteiger partial charge in [0.15, 0.2) is 0 Å². The average Bonchev–Trinajstić information content (AvgIpc) is 2.92. The van der Waals surface area contributed by atoms with Crippen molar-refractivity contribution in [2.75, 3.05) is 13.1 Å². The van der Waals surface area contributed by atoms with Gasteiger partial charge in [-0.05, 0) is 35.9 Å².